The van der Waals surface area contributed by atoms with Gasteiger partial charge in [0.15, 0.2) is 0 Å². The van der Waals surface area contributed by atoms with Gasteiger partial charge in [0.25, 0.3) is 6.43 Å². The summed E-state index contributed by atoms with van der Waals surface area (Å²) in [5, 5.41) is 6.22. The molecule has 0 aliphatic carbocycles. The SMILES string of the molecule is Cn1cc(CC(=O)Nc2ccccc2-c2cc(F)ccc2F)c(C(F)F)n1. The summed E-state index contributed by atoms with van der Waals surface area (Å²) < 4.78 is 54.8. The molecule has 0 aliphatic rings. The molecule has 1 aromatic heterocycles. The number of rotatable bonds is 5. The number of nitrogens with one attached hydrogen (secondary N) is 1. The molecule has 0 aliphatic heterocycles. The van der Waals surface area contributed by atoms with Crippen LogP contribution in [0.3, 0.4) is 0 Å². The van der Waals surface area contributed by atoms with E-state index in [4.69, 9.17) is 0 Å². The number of hydrogen-bond acceptors (Lipinski definition) is 2. The fourth-order valence-electron chi connectivity index (χ4n) is 2.77. The van der Waals surface area contributed by atoms with E-state index in [1.165, 1.54) is 30.1 Å². The Morgan fingerprint density at radius 3 is 2.63 bits per heavy atom. The number of nitrogens with zero attached hydrogens (tertiary/aromatic N) is 2. The van der Waals surface area contributed by atoms with Crippen LogP contribution in [0.2, 0.25) is 0 Å². The van der Waals surface area contributed by atoms with E-state index in [1.807, 2.05) is 0 Å². The molecule has 0 spiro atoms. The summed E-state index contributed by atoms with van der Waals surface area (Å²) in [6.45, 7) is 0. The Hall–Kier alpha value is -3.16. The number of anilines is 1. The van der Waals surface area contributed by atoms with Crippen LogP contribution in [0.25, 0.3) is 11.1 Å². The number of para-hydroxylation sites is 1. The molecular weight excluding hydrogens is 362 g/mol. The third-order valence-electron chi connectivity index (χ3n) is 3.91. The van der Waals surface area contributed by atoms with Crippen LogP contribution in [-0.2, 0) is 18.3 Å². The van der Waals surface area contributed by atoms with Crippen LogP contribution in [0, 0.1) is 11.6 Å². The highest BCUT2D eigenvalue weighted by molar-refractivity contribution is 5.96. The third kappa shape index (κ3) is 4.16. The number of aromatic nitrogens is 2. The number of halogens is 4. The largest absolute Gasteiger partial charge is 0.325 e. The second kappa shape index (κ2) is 7.61. The number of carbonyl (C=O) groups is 1. The maximum Gasteiger partial charge on any atom is 0.282 e. The Morgan fingerprint density at radius 2 is 1.89 bits per heavy atom. The maximum absolute atomic E-state index is 14.1. The monoisotopic (exact) mass is 377 g/mol. The molecule has 2 aromatic carbocycles. The Morgan fingerprint density at radius 1 is 1.15 bits per heavy atom. The van der Waals surface area contributed by atoms with E-state index in [2.05, 4.69) is 10.4 Å². The van der Waals surface area contributed by atoms with Gasteiger partial charge in [-0.25, -0.2) is 17.6 Å². The Kier molecular flexibility index (Phi) is 5.25. The first-order chi connectivity index (χ1) is 12.8. The molecule has 0 saturated heterocycles. The lowest BCUT2D eigenvalue weighted by atomic mass is 10.0. The van der Waals surface area contributed by atoms with Crippen LogP contribution in [0.1, 0.15) is 17.7 Å². The first-order valence-corrected chi connectivity index (χ1v) is 8.00. The molecule has 3 rings (SSSR count). The molecule has 0 saturated carbocycles. The molecular formula is C19H15F4N3O. The van der Waals surface area contributed by atoms with Gasteiger partial charge < -0.3 is 5.32 Å². The van der Waals surface area contributed by atoms with Crippen LogP contribution >= 0.6 is 0 Å². The van der Waals surface area contributed by atoms with Crippen molar-refractivity contribution in [3.63, 3.8) is 0 Å². The van der Waals surface area contributed by atoms with Crippen molar-refractivity contribution < 1.29 is 22.4 Å². The highest BCUT2D eigenvalue weighted by Crippen LogP contribution is 2.31. The van der Waals surface area contributed by atoms with E-state index in [0.717, 1.165) is 18.2 Å². The molecule has 8 heteroatoms. The highest BCUT2D eigenvalue weighted by atomic mass is 19.3. The summed E-state index contributed by atoms with van der Waals surface area (Å²) in [5.74, 6) is -1.84. The summed E-state index contributed by atoms with van der Waals surface area (Å²) in [6.07, 6.45) is -1.78. The van der Waals surface area contributed by atoms with Gasteiger partial charge in [-0.3, -0.25) is 9.48 Å². The molecule has 1 heterocycles. The number of alkyl halides is 2. The van der Waals surface area contributed by atoms with Crippen LogP contribution in [-0.4, -0.2) is 15.7 Å². The number of amides is 1. The van der Waals surface area contributed by atoms with Crippen molar-refractivity contribution in [2.24, 2.45) is 7.05 Å². The third-order valence-corrected chi connectivity index (χ3v) is 3.91. The fraction of sp³-hybridized carbons (Fsp3) is 0.158. The normalized spacial score (nSPS) is 11.0. The van der Waals surface area contributed by atoms with Gasteiger partial charge in [-0.1, -0.05) is 18.2 Å². The van der Waals surface area contributed by atoms with Gasteiger partial charge in [0.2, 0.25) is 5.91 Å². The van der Waals surface area contributed by atoms with Crippen molar-refractivity contribution in [2.75, 3.05) is 5.32 Å². The van der Waals surface area contributed by atoms with Gasteiger partial charge >= 0.3 is 0 Å². The van der Waals surface area contributed by atoms with Gasteiger partial charge in [-0.15, -0.1) is 0 Å². The summed E-state index contributed by atoms with van der Waals surface area (Å²) in [5.41, 5.74) is 0.148. The molecule has 27 heavy (non-hydrogen) atoms. The quantitative estimate of drug-likeness (QED) is 0.667. The molecule has 0 radical (unpaired) electrons. The standard InChI is InChI=1S/C19H15F4N3O/c1-26-10-11(18(25-26)19(22)23)8-17(27)24-16-5-3-2-4-13(16)14-9-12(20)6-7-15(14)21/h2-7,9-10,19H,8H2,1H3,(H,24,27). The molecule has 3 aromatic rings. The van der Waals surface area contributed by atoms with Crippen molar-refractivity contribution in [1.29, 1.82) is 0 Å². The minimum absolute atomic E-state index is 0.0134. The highest BCUT2D eigenvalue weighted by Gasteiger charge is 2.20. The van der Waals surface area contributed by atoms with Crippen molar-refractivity contribution >= 4 is 11.6 Å². The van der Waals surface area contributed by atoms with Gasteiger partial charge in [0.1, 0.15) is 17.3 Å². The zero-order chi connectivity index (χ0) is 19.6. The van der Waals surface area contributed by atoms with Gasteiger partial charge in [0, 0.05) is 35.6 Å². The predicted molar refractivity (Wildman–Crippen MR) is 92.3 cm³/mol. The minimum Gasteiger partial charge on any atom is -0.325 e. The number of benzene rings is 2. The number of carbonyl (C=O) groups excluding carboxylic acids is 1. The van der Waals surface area contributed by atoms with E-state index in [1.54, 1.807) is 12.1 Å². The van der Waals surface area contributed by atoms with Crippen molar-refractivity contribution in [2.45, 2.75) is 12.8 Å². The van der Waals surface area contributed by atoms with Gasteiger partial charge in [0.05, 0.1) is 6.42 Å². The topological polar surface area (TPSA) is 46.9 Å². The Labute approximate surface area is 152 Å². The zero-order valence-electron chi connectivity index (χ0n) is 14.2. The second-order valence-electron chi connectivity index (χ2n) is 5.91. The zero-order valence-corrected chi connectivity index (χ0v) is 14.2. The molecule has 1 N–H and O–H groups in total. The molecule has 0 unspecified atom stereocenters. The molecule has 140 valence electrons. The smallest absolute Gasteiger partial charge is 0.282 e. The van der Waals surface area contributed by atoms with E-state index in [-0.39, 0.29) is 28.8 Å². The summed E-state index contributed by atoms with van der Waals surface area (Å²) in [6, 6.07) is 9.30. The lowest BCUT2D eigenvalue weighted by Crippen LogP contribution is -2.15. The van der Waals surface area contributed by atoms with Crippen LogP contribution < -0.4 is 5.32 Å². The van der Waals surface area contributed by atoms with E-state index in [0.29, 0.717) is 0 Å². The van der Waals surface area contributed by atoms with Crippen molar-refractivity contribution in [3.8, 4) is 11.1 Å². The summed E-state index contributed by atoms with van der Waals surface area (Å²) in [7, 11) is 1.48. The first kappa shape index (κ1) is 18.6. The van der Waals surface area contributed by atoms with Crippen LogP contribution in [0.4, 0.5) is 23.2 Å². The fourth-order valence-corrected chi connectivity index (χ4v) is 2.77. The first-order valence-electron chi connectivity index (χ1n) is 8.00. The molecule has 4 nitrogen and oxygen atoms in total. The molecule has 0 fully saturated rings. The predicted octanol–water partition coefficient (Wildman–Crippen LogP) is 4.48. The summed E-state index contributed by atoms with van der Waals surface area (Å²) in [4.78, 5) is 12.3. The molecule has 0 atom stereocenters. The second-order valence-corrected chi connectivity index (χ2v) is 5.91. The molecule has 1 amide bonds. The average Bonchev–Trinajstić information content (AvgIpc) is 2.98. The Bertz CT molecular complexity index is 985. The molecule has 0 bridgehead atoms. The number of hydrogen-bond donors (Lipinski definition) is 1. The maximum atomic E-state index is 14.1. The van der Waals surface area contributed by atoms with Gasteiger partial charge in [-0.2, -0.15) is 5.10 Å². The van der Waals surface area contributed by atoms with Crippen LogP contribution in [0.15, 0.2) is 48.7 Å². The van der Waals surface area contributed by atoms with E-state index < -0.39 is 29.7 Å². The minimum atomic E-state index is -2.80. The van der Waals surface area contributed by atoms with E-state index >= 15 is 0 Å². The van der Waals surface area contributed by atoms with E-state index in [9.17, 15) is 22.4 Å². The average molecular weight is 377 g/mol. The summed E-state index contributed by atoms with van der Waals surface area (Å²) >= 11 is 0. The lowest BCUT2D eigenvalue weighted by molar-refractivity contribution is -0.115. The number of aryl methyl sites for hydroxylation is 1. The lowest BCUT2D eigenvalue weighted by Gasteiger charge is -2.12. The van der Waals surface area contributed by atoms with Crippen LogP contribution in [0.5, 0.6) is 0 Å². The van der Waals surface area contributed by atoms with Gasteiger partial charge in [-0.05, 0) is 24.3 Å². The Balaban J connectivity index is 1.87. The van der Waals surface area contributed by atoms with Crippen molar-refractivity contribution in [3.05, 3.63) is 71.6 Å². The van der Waals surface area contributed by atoms with Crippen molar-refractivity contribution in [1.82, 2.24) is 9.78 Å².